The van der Waals surface area contributed by atoms with Gasteiger partial charge >= 0.3 is 0 Å². The quantitative estimate of drug-likeness (QED) is 0.0242. The molecule has 0 fully saturated rings. The molecule has 4 rings (SSSR count). The van der Waals surface area contributed by atoms with E-state index in [9.17, 15) is 22.8 Å². The zero-order valence-electron chi connectivity index (χ0n) is 32.8. The molecular formula is C42H54N4O9S2. The van der Waals surface area contributed by atoms with Gasteiger partial charge < -0.3 is 20.1 Å². The highest BCUT2D eigenvalue weighted by Crippen LogP contribution is 2.28. The van der Waals surface area contributed by atoms with Crippen molar-refractivity contribution in [1.29, 1.82) is 0 Å². The topological polar surface area (TPSA) is 184 Å². The molecule has 0 unspecified atom stereocenters. The molecule has 13 nitrogen and oxygen atoms in total. The molecule has 0 saturated carbocycles. The van der Waals surface area contributed by atoms with Gasteiger partial charge in [-0.25, -0.2) is 13.1 Å². The number of sulfonamides is 1. The van der Waals surface area contributed by atoms with Crippen LogP contribution < -0.4 is 30.7 Å². The number of nitrogens with two attached hydrogens (primary N) is 1. The summed E-state index contributed by atoms with van der Waals surface area (Å²) in [5, 5.41) is 5.46. The van der Waals surface area contributed by atoms with Crippen LogP contribution in [0.5, 0.6) is 11.5 Å². The summed E-state index contributed by atoms with van der Waals surface area (Å²) in [7, 11) is -4.09. The van der Waals surface area contributed by atoms with Crippen LogP contribution in [0, 0.1) is 0 Å². The Bertz CT molecular complexity index is 1960. The van der Waals surface area contributed by atoms with Crippen LogP contribution in [0.15, 0.2) is 107 Å². The highest BCUT2D eigenvalue weighted by molar-refractivity contribution is 7.94. The highest BCUT2D eigenvalue weighted by Gasteiger charge is 2.21. The molecule has 57 heavy (non-hydrogen) atoms. The fraction of sp³-hybridized carbons (Fsp3) is 0.357. The molecule has 0 atom stereocenters. The summed E-state index contributed by atoms with van der Waals surface area (Å²) in [5.41, 5.74) is 1.55. The molecule has 0 radical (unpaired) electrons. The second-order valence-corrected chi connectivity index (χ2v) is 15.3. The Morgan fingerprint density at radius 3 is 1.65 bits per heavy atom. The lowest BCUT2D eigenvalue weighted by atomic mass is 10.1. The number of nitrogens with one attached hydrogen (secondary N) is 3. The molecule has 0 spiro atoms. The van der Waals surface area contributed by atoms with Gasteiger partial charge in [-0.2, -0.15) is 5.90 Å². The molecule has 0 saturated heterocycles. The number of rotatable bonds is 23. The van der Waals surface area contributed by atoms with E-state index in [0.29, 0.717) is 46.4 Å². The van der Waals surface area contributed by atoms with Crippen molar-refractivity contribution < 1.29 is 41.6 Å². The third-order valence-corrected chi connectivity index (χ3v) is 10.4. The van der Waals surface area contributed by atoms with Crippen LogP contribution in [-0.4, -0.2) is 39.4 Å². The summed E-state index contributed by atoms with van der Waals surface area (Å²) in [5.74, 6) is 4.72. The molecule has 0 aliphatic carbocycles. The summed E-state index contributed by atoms with van der Waals surface area (Å²) in [6.07, 6.45) is 11.5. The Labute approximate surface area is 340 Å². The van der Waals surface area contributed by atoms with Gasteiger partial charge in [-0.15, -0.1) is 9.32 Å². The van der Waals surface area contributed by atoms with Gasteiger partial charge in [0.1, 0.15) is 16.4 Å². The lowest BCUT2D eigenvalue weighted by molar-refractivity contribution is -0.195. The zero-order valence-corrected chi connectivity index (χ0v) is 34.4. The number of unbranched alkanes of at least 4 members (excludes halogenated alkanes) is 8. The first-order valence-electron chi connectivity index (χ1n) is 19.1. The minimum absolute atomic E-state index is 0.0819. The summed E-state index contributed by atoms with van der Waals surface area (Å²) in [6, 6.07) is 27.0. The average Bonchev–Trinajstić information content (AvgIpc) is 3.20. The monoisotopic (exact) mass is 822 g/mol. The van der Waals surface area contributed by atoms with E-state index in [-0.39, 0.29) is 16.5 Å². The Hall–Kier alpha value is -4.93. The van der Waals surface area contributed by atoms with Crippen LogP contribution >= 0.6 is 12.0 Å². The number of carbonyl (C=O) groups excluding carboxylic acids is 3. The SMILES string of the molecule is CCCCCCCOc1cccc(C(=O)Nc2ccccc2S(=O)(=O)NC(C)=O)c1.CCCCCCCOc1cccc(C(=O)Nc2ccccc2SOON)c1. The number of para-hydroxylation sites is 2. The molecule has 4 aromatic rings. The molecule has 15 heteroatoms. The first-order valence-corrected chi connectivity index (χ1v) is 21.3. The van der Waals surface area contributed by atoms with Gasteiger partial charge in [0.15, 0.2) is 0 Å². The fourth-order valence-corrected chi connectivity index (χ4v) is 6.99. The minimum atomic E-state index is -4.09. The lowest BCUT2D eigenvalue weighted by Crippen LogP contribution is -2.29. The Balaban J connectivity index is 0.000000307. The number of benzene rings is 4. The standard InChI is InChI=1S/C22H28N2O5S.C20H26N2O4S/c1-3-4-5-6-9-15-29-19-12-10-11-18(16-19)22(26)23-20-13-7-8-14-21(20)30(27,28)24-17(2)25;1-2-3-4-5-8-14-24-17-11-9-10-16(15-17)20(23)22-18-12-6-7-13-19(18)27-26-25-21/h7-8,10-14,16H,3-6,9,15H2,1-2H3,(H,23,26)(H,24,25);6-7,9-13,15H,2-5,8,14,21H2,1H3,(H,22,23). The number of ether oxygens (including phenoxy) is 2. The van der Waals surface area contributed by atoms with Crippen LogP contribution in [0.1, 0.15) is 106 Å². The van der Waals surface area contributed by atoms with E-state index in [0.717, 1.165) is 44.6 Å². The van der Waals surface area contributed by atoms with Crippen molar-refractivity contribution in [2.75, 3.05) is 23.8 Å². The van der Waals surface area contributed by atoms with Crippen molar-refractivity contribution in [3.05, 3.63) is 108 Å². The van der Waals surface area contributed by atoms with Crippen molar-refractivity contribution in [1.82, 2.24) is 4.72 Å². The van der Waals surface area contributed by atoms with E-state index in [1.165, 1.54) is 56.7 Å². The highest BCUT2D eigenvalue weighted by atomic mass is 32.2. The molecule has 4 aromatic carbocycles. The molecule has 0 aliphatic rings. The number of hydrogen-bond acceptors (Lipinski definition) is 11. The van der Waals surface area contributed by atoms with Crippen LogP contribution in [-0.2, 0) is 24.1 Å². The molecular weight excluding hydrogens is 769 g/mol. The van der Waals surface area contributed by atoms with Crippen molar-refractivity contribution >= 4 is 51.2 Å². The number of anilines is 2. The second kappa shape index (κ2) is 26.1. The van der Waals surface area contributed by atoms with Gasteiger partial charge in [-0.05, 0) is 73.5 Å². The van der Waals surface area contributed by atoms with E-state index in [2.05, 4.69) is 33.8 Å². The first-order chi connectivity index (χ1) is 27.6. The zero-order chi connectivity index (χ0) is 41.3. The molecule has 3 amide bonds. The molecule has 0 heterocycles. The first kappa shape index (κ1) is 46.5. The van der Waals surface area contributed by atoms with E-state index in [1.54, 1.807) is 54.6 Å². The summed E-state index contributed by atoms with van der Waals surface area (Å²) < 4.78 is 42.8. The maximum absolute atomic E-state index is 12.7. The molecule has 0 aromatic heterocycles. The maximum atomic E-state index is 12.7. The molecule has 0 bridgehead atoms. The van der Waals surface area contributed by atoms with E-state index < -0.39 is 21.8 Å². The van der Waals surface area contributed by atoms with Gasteiger partial charge in [0.05, 0.1) is 41.5 Å². The molecule has 5 N–H and O–H groups in total. The molecule has 308 valence electrons. The third-order valence-electron chi connectivity index (χ3n) is 8.23. The van der Waals surface area contributed by atoms with Gasteiger partial charge in [0, 0.05) is 18.1 Å². The van der Waals surface area contributed by atoms with Gasteiger partial charge in [-0.3, -0.25) is 14.4 Å². The van der Waals surface area contributed by atoms with Gasteiger partial charge in [-0.1, -0.05) is 102 Å². The smallest absolute Gasteiger partial charge is 0.266 e. The maximum Gasteiger partial charge on any atom is 0.266 e. The van der Waals surface area contributed by atoms with Crippen molar-refractivity contribution in [2.24, 2.45) is 5.90 Å². The Morgan fingerprint density at radius 1 is 0.632 bits per heavy atom. The minimum Gasteiger partial charge on any atom is -0.494 e. The summed E-state index contributed by atoms with van der Waals surface area (Å²) in [4.78, 5) is 41.0. The van der Waals surface area contributed by atoms with Crippen LogP contribution in [0.4, 0.5) is 11.4 Å². The second-order valence-electron chi connectivity index (χ2n) is 12.9. The average molecular weight is 823 g/mol. The van der Waals surface area contributed by atoms with Crippen molar-refractivity contribution in [2.45, 2.75) is 94.8 Å². The van der Waals surface area contributed by atoms with Crippen molar-refractivity contribution in [3.8, 4) is 11.5 Å². The van der Waals surface area contributed by atoms with E-state index in [1.807, 2.05) is 29.0 Å². The fourth-order valence-electron chi connectivity index (χ4n) is 5.38. The number of hydrogen-bond donors (Lipinski definition) is 4. The Kier molecular flexibility index (Phi) is 21.3. The van der Waals surface area contributed by atoms with Gasteiger partial charge in [0.2, 0.25) is 5.91 Å². The number of amides is 3. The number of carbonyl (C=O) groups is 3. The van der Waals surface area contributed by atoms with Crippen molar-refractivity contribution in [3.63, 3.8) is 0 Å². The normalized spacial score (nSPS) is 10.8. The Morgan fingerprint density at radius 2 is 1.12 bits per heavy atom. The summed E-state index contributed by atoms with van der Waals surface area (Å²) in [6.45, 7) is 6.70. The lowest BCUT2D eigenvalue weighted by Gasteiger charge is -2.12. The predicted molar refractivity (Wildman–Crippen MR) is 223 cm³/mol. The van der Waals surface area contributed by atoms with Crippen LogP contribution in [0.2, 0.25) is 0 Å². The summed E-state index contributed by atoms with van der Waals surface area (Å²) >= 11 is 0.920. The van der Waals surface area contributed by atoms with Gasteiger partial charge in [0.25, 0.3) is 21.8 Å². The predicted octanol–water partition coefficient (Wildman–Crippen LogP) is 9.23. The third kappa shape index (κ3) is 17.4. The van der Waals surface area contributed by atoms with E-state index >= 15 is 0 Å². The largest absolute Gasteiger partial charge is 0.494 e. The van der Waals surface area contributed by atoms with Crippen LogP contribution in [0.3, 0.4) is 0 Å². The van der Waals surface area contributed by atoms with Crippen LogP contribution in [0.25, 0.3) is 0 Å². The van der Waals surface area contributed by atoms with E-state index in [4.69, 9.17) is 15.4 Å². The molecule has 0 aliphatic heterocycles.